The molecule has 27 heavy (non-hydrogen) atoms. The quantitative estimate of drug-likeness (QED) is 0.420. The normalized spacial score (nSPS) is 20.4. The van der Waals surface area contributed by atoms with E-state index in [1.54, 1.807) is 4.90 Å². The Labute approximate surface area is 161 Å². The summed E-state index contributed by atoms with van der Waals surface area (Å²) in [5, 5.41) is 0. The van der Waals surface area contributed by atoms with Crippen LogP contribution in [-0.4, -0.2) is 42.3 Å². The molecule has 0 radical (unpaired) electrons. The summed E-state index contributed by atoms with van der Waals surface area (Å²) in [4.78, 5) is 38.7. The van der Waals surface area contributed by atoms with E-state index in [1.165, 1.54) is 5.56 Å². The molecule has 1 heterocycles. The molecule has 146 valence electrons. The first-order valence-corrected chi connectivity index (χ1v) is 10.2. The highest BCUT2D eigenvalue weighted by Gasteiger charge is 2.36. The van der Waals surface area contributed by atoms with Gasteiger partial charge in [0.05, 0.1) is 12.5 Å². The zero-order valence-electron chi connectivity index (χ0n) is 15.9. The zero-order chi connectivity index (χ0) is 19.1. The van der Waals surface area contributed by atoms with Crippen molar-refractivity contribution in [1.29, 1.82) is 0 Å². The fraction of sp³-hybridized carbons (Fsp3) is 0.591. The van der Waals surface area contributed by atoms with Crippen LogP contribution in [0.1, 0.15) is 50.5 Å². The van der Waals surface area contributed by atoms with Gasteiger partial charge in [-0.25, -0.2) is 0 Å². The van der Waals surface area contributed by atoms with Crippen molar-refractivity contribution in [2.24, 2.45) is 11.8 Å². The highest BCUT2D eigenvalue weighted by Crippen LogP contribution is 2.26. The summed E-state index contributed by atoms with van der Waals surface area (Å²) in [7, 11) is 0. The lowest BCUT2D eigenvalue weighted by atomic mass is 9.86. The fourth-order valence-corrected chi connectivity index (χ4v) is 4.04. The van der Waals surface area contributed by atoms with Crippen LogP contribution in [0.4, 0.5) is 0 Å². The molecule has 1 aromatic carbocycles. The molecule has 1 amide bonds. The molecular formula is C22H29NO4. The van der Waals surface area contributed by atoms with Crippen molar-refractivity contribution in [1.82, 2.24) is 4.90 Å². The first-order valence-electron chi connectivity index (χ1n) is 10.2. The molecule has 5 heteroatoms. The second-order valence-electron chi connectivity index (χ2n) is 7.69. The number of hydrogen-bond donors (Lipinski definition) is 0. The Bertz CT molecular complexity index is 652. The summed E-state index contributed by atoms with van der Waals surface area (Å²) in [5.74, 6) is -1.32. The number of likely N-dealkylation sites (tertiary alicyclic amines) is 1. The zero-order valence-corrected chi connectivity index (χ0v) is 15.9. The topological polar surface area (TPSA) is 63.7 Å². The van der Waals surface area contributed by atoms with Gasteiger partial charge in [0.2, 0.25) is 5.78 Å². The number of rotatable bonds is 7. The van der Waals surface area contributed by atoms with E-state index < -0.39 is 5.91 Å². The fourth-order valence-electron chi connectivity index (χ4n) is 4.04. The Morgan fingerprint density at radius 3 is 2.44 bits per heavy atom. The predicted molar refractivity (Wildman–Crippen MR) is 102 cm³/mol. The molecule has 0 N–H and O–H groups in total. The highest BCUT2D eigenvalue weighted by molar-refractivity contribution is 6.36. The summed E-state index contributed by atoms with van der Waals surface area (Å²) in [6, 6.07) is 10.1. The van der Waals surface area contributed by atoms with Gasteiger partial charge in [0.1, 0.15) is 0 Å². The van der Waals surface area contributed by atoms with Crippen LogP contribution in [0.25, 0.3) is 0 Å². The van der Waals surface area contributed by atoms with Gasteiger partial charge in [-0.05, 0) is 37.7 Å². The summed E-state index contributed by atoms with van der Waals surface area (Å²) in [6.07, 6.45) is 7.10. The third-order valence-corrected chi connectivity index (χ3v) is 5.69. The monoisotopic (exact) mass is 371 g/mol. The van der Waals surface area contributed by atoms with Crippen LogP contribution in [-0.2, 0) is 25.5 Å². The maximum absolute atomic E-state index is 12.5. The summed E-state index contributed by atoms with van der Waals surface area (Å²) in [5.41, 5.74) is 1.23. The first kappa shape index (κ1) is 19.6. The lowest BCUT2D eigenvalue weighted by Gasteiger charge is -2.22. The van der Waals surface area contributed by atoms with Crippen LogP contribution in [0, 0.1) is 11.8 Å². The molecule has 1 atom stereocenters. The minimum Gasteiger partial charge on any atom is -0.465 e. The molecule has 3 rings (SSSR count). The number of esters is 1. The molecule has 0 bridgehead atoms. The van der Waals surface area contributed by atoms with Crippen molar-refractivity contribution >= 4 is 17.7 Å². The number of ketones is 1. The van der Waals surface area contributed by atoms with Crippen LogP contribution in [0.15, 0.2) is 30.3 Å². The Kier molecular flexibility index (Phi) is 7.02. The van der Waals surface area contributed by atoms with Crippen LogP contribution >= 0.6 is 0 Å². The van der Waals surface area contributed by atoms with Gasteiger partial charge in [-0.15, -0.1) is 0 Å². The number of Topliss-reactive ketones (excluding diaryl/α,β-unsaturated/α-hetero) is 1. The third kappa shape index (κ3) is 5.41. The second kappa shape index (κ2) is 9.67. The maximum atomic E-state index is 12.5. The van der Waals surface area contributed by atoms with Gasteiger partial charge >= 0.3 is 5.97 Å². The number of benzene rings is 1. The molecule has 1 aromatic rings. The predicted octanol–water partition coefficient (Wildman–Crippen LogP) is 3.16. The van der Waals surface area contributed by atoms with E-state index in [4.69, 9.17) is 4.74 Å². The number of carbonyl (C=O) groups is 3. The molecule has 0 aromatic heterocycles. The Balaban J connectivity index is 1.38. The van der Waals surface area contributed by atoms with Gasteiger partial charge < -0.3 is 9.64 Å². The molecule has 0 unspecified atom stereocenters. The summed E-state index contributed by atoms with van der Waals surface area (Å²) in [6.45, 7) is 1.18. The number of carbonyl (C=O) groups excluding carboxylic acids is 3. The molecule has 0 spiro atoms. The molecule has 1 saturated carbocycles. The second-order valence-corrected chi connectivity index (χ2v) is 7.69. The molecule has 1 aliphatic carbocycles. The third-order valence-electron chi connectivity index (χ3n) is 5.69. The Morgan fingerprint density at radius 2 is 1.70 bits per heavy atom. The van der Waals surface area contributed by atoms with E-state index in [1.807, 2.05) is 18.2 Å². The van der Waals surface area contributed by atoms with Gasteiger partial charge in [0, 0.05) is 19.0 Å². The number of amides is 1. The van der Waals surface area contributed by atoms with Crippen LogP contribution in [0.2, 0.25) is 0 Å². The summed E-state index contributed by atoms with van der Waals surface area (Å²) >= 11 is 0. The van der Waals surface area contributed by atoms with Crippen LogP contribution in [0.5, 0.6) is 0 Å². The molecule has 5 nitrogen and oxygen atoms in total. The van der Waals surface area contributed by atoms with Crippen LogP contribution < -0.4 is 0 Å². The smallest absolute Gasteiger partial charge is 0.310 e. The van der Waals surface area contributed by atoms with Gasteiger partial charge in [-0.1, -0.05) is 49.6 Å². The average Bonchev–Trinajstić information content (AvgIpc) is 3.22. The average molecular weight is 371 g/mol. The van der Waals surface area contributed by atoms with Crippen molar-refractivity contribution < 1.29 is 19.1 Å². The number of hydrogen-bond acceptors (Lipinski definition) is 4. The largest absolute Gasteiger partial charge is 0.465 e. The van der Waals surface area contributed by atoms with Crippen LogP contribution in [0.3, 0.4) is 0 Å². The standard InChI is InChI=1S/C22H29NO4/c24-20(18-11-5-2-6-12-18)21(25)23-14-13-19(16-23)22(26)27-15-7-10-17-8-3-1-4-9-17/h1,3-4,8-9,18-19H,2,5-7,10-16H2/t19-/m1/s1. The minimum absolute atomic E-state index is 0.116. The van der Waals surface area contributed by atoms with E-state index in [9.17, 15) is 14.4 Å². The van der Waals surface area contributed by atoms with Gasteiger partial charge in [0.15, 0.2) is 0 Å². The van der Waals surface area contributed by atoms with E-state index in [2.05, 4.69) is 12.1 Å². The van der Waals surface area contributed by atoms with Crippen molar-refractivity contribution in [3.8, 4) is 0 Å². The number of aryl methyl sites for hydroxylation is 1. The van der Waals surface area contributed by atoms with E-state index in [0.717, 1.165) is 44.9 Å². The Morgan fingerprint density at radius 1 is 0.963 bits per heavy atom. The van der Waals surface area contributed by atoms with Crippen molar-refractivity contribution in [2.45, 2.75) is 51.4 Å². The maximum Gasteiger partial charge on any atom is 0.310 e. The molecule has 2 aliphatic rings. The first-order chi connectivity index (χ1) is 13.1. The number of ether oxygens (including phenoxy) is 1. The van der Waals surface area contributed by atoms with Gasteiger partial charge in [0.25, 0.3) is 5.91 Å². The van der Waals surface area contributed by atoms with E-state index in [-0.39, 0.29) is 23.6 Å². The van der Waals surface area contributed by atoms with Crippen molar-refractivity contribution in [3.05, 3.63) is 35.9 Å². The highest BCUT2D eigenvalue weighted by atomic mass is 16.5. The number of nitrogens with zero attached hydrogens (tertiary/aromatic N) is 1. The van der Waals surface area contributed by atoms with E-state index >= 15 is 0 Å². The minimum atomic E-state index is -0.402. The lowest BCUT2D eigenvalue weighted by Crippen LogP contribution is -2.39. The molecule has 1 saturated heterocycles. The molecule has 2 fully saturated rings. The van der Waals surface area contributed by atoms with Gasteiger partial charge in [-0.3, -0.25) is 14.4 Å². The molecule has 1 aliphatic heterocycles. The van der Waals surface area contributed by atoms with Gasteiger partial charge in [-0.2, -0.15) is 0 Å². The van der Waals surface area contributed by atoms with Crippen molar-refractivity contribution in [2.75, 3.05) is 19.7 Å². The SMILES string of the molecule is O=C(C(=O)N1CC[C@@H](C(=O)OCCCc2ccccc2)C1)C1CCCCC1. The summed E-state index contributed by atoms with van der Waals surface area (Å²) < 4.78 is 5.39. The van der Waals surface area contributed by atoms with Crippen molar-refractivity contribution in [3.63, 3.8) is 0 Å². The van der Waals surface area contributed by atoms with E-state index in [0.29, 0.717) is 26.1 Å². The molecular weight excluding hydrogens is 342 g/mol. The lowest BCUT2D eigenvalue weighted by molar-refractivity contribution is -0.149. The Hall–Kier alpha value is -2.17.